The number of hydrogen-bond donors (Lipinski definition) is 1. The molecule has 0 aliphatic rings. The van der Waals surface area contributed by atoms with Crippen LogP contribution in [0.3, 0.4) is 0 Å². The van der Waals surface area contributed by atoms with E-state index in [0.717, 1.165) is 23.4 Å². The van der Waals surface area contributed by atoms with Crippen molar-refractivity contribution in [2.24, 2.45) is 5.92 Å². The molecule has 0 aliphatic carbocycles. The van der Waals surface area contributed by atoms with E-state index in [9.17, 15) is 5.11 Å². The van der Waals surface area contributed by atoms with Crippen LogP contribution in [0.15, 0.2) is 12.1 Å². The number of pyridine rings is 1. The smallest absolute Gasteiger partial charge is 0.0832 e. The minimum absolute atomic E-state index is 0.290. The van der Waals surface area contributed by atoms with Gasteiger partial charge in [0.05, 0.1) is 6.10 Å². The zero-order valence-electron chi connectivity index (χ0n) is 9.41. The summed E-state index contributed by atoms with van der Waals surface area (Å²) in [6.07, 6.45) is 0.599. The van der Waals surface area contributed by atoms with E-state index >= 15 is 0 Å². The highest BCUT2D eigenvalue weighted by atomic mass is 16.3. The lowest BCUT2D eigenvalue weighted by Gasteiger charge is -2.19. The lowest BCUT2D eigenvalue weighted by atomic mass is 9.94. The molecule has 1 aromatic rings. The van der Waals surface area contributed by atoms with E-state index in [1.54, 1.807) is 0 Å². The van der Waals surface area contributed by atoms with Crippen molar-refractivity contribution in [1.29, 1.82) is 0 Å². The summed E-state index contributed by atoms with van der Waals surface area (Å²) >= 11 is 0. The summed E-state index contributed by atoms with van der Waals surface area (Å²) in [5.41, 5.74) is 2.91. The van der Waals surface area contributed by atoms with Gasteiger partial charge in [0.25, 0.3) is 0 Å². The molecule has 0 radical (unpaired) electrons. The Morgan fingerprint density at radius 3 is 2.50 bits per heavy atom. The first-order valence-corrected chi connectivity index (χ1v) is 5.18. The van der Waals surface area contributed by atoms with Crippen LogP contribution in [0, 0.1) is 19.8 Å². The van der Waals surface area contributed by atoms with Gasteiger partial charge >= 0.3 is 0 Å². The van der Waals surface area contributed by atoms with Gasteiger partial charge in [-0.1, -0.05) is 26.3 Å². The number of rotatable bonds is 3. The van der Waals surface area contributed by atoms with Crippen molar-refractivity contribution in [3.05, 3.63) is 29.1 Å². The number of aryl methyl sites for hydroxylation is 2. The fraction of sp³-hybridized carbons (Fsp3) is 0.583. The third-order valence-electron chi connectivity index (χ3n) is 2.77. The molecule has 0 saturated heterocycles. The van der Waals surface area contributed by atoms with Crippen LogP contribution >= 0.6 is 0 Å². The van der Waals surface area contributed by atoms with E-state index < -0.39 is 0 Å². The minimum Gasteiger partial charge on any atom is -0.388 e. The molecule has 0 aromatic carbocycles. The van der Waals surface area contributed by atoms with Crippen molar-refractivity contribution >= 4 is 0 Å². The predicted octanol–water partition coefficient (Wildman–Crippen LogP) is 2.78. The average Bonchev–Trinajstić information content (AvgIpc) is 2.15. The Hall–Kier alpha value is -0.890. The first-order valence-electron chi connectivity index (χ1n) is 5.18. The maximum absolute atomic E-state index is 10.0. The number of hydrogen-bond acceptors (Lipinski definition) is 2. The Balaban J connectivity index is 2.95. The molecule has 2 unspecified atom stereocenters. The van der Waals surface area contributed by atoms with E-state index in [0.29, 0.717) is 5.92 Å². The maximum atomic E-state index is 10.0. The monoisotopic (exact) mass is 193 g/mol. The first kappa shape index (κ1) is 11.2. The highest BCUT2D eigenvalue weighted by Gasteiger charge is 2.16. The van der Waals surface area contributed by atoms with E-state index in [1.807, 2.05) is 26.0 Å². The van der Waals surface area contributed by atoms with E-state index in [4.69, 9.17) is 0 Å². The van der Waals surface area contributed by atoms with Crippen LogP contribution in [-0.2, 0) is 0 Å². The molecule has 0 bridgehead atoms. The number of aliphatic hydroxyl groups is 1. The van der Waals surface area contributed by atoms with Gasteiger partial charge in [0.15, 0.2) is 0 Å². The second-order valence-electron chi connectivity index (χ2n) is 3.96. The van der Waals surface area contributed by atoms with Crippen LogP contribution in [0.25, 0.3) is 0 Å². The molecule has 0 spiro atoms. The number of aromatic nitrogens is 1. The van der Waals surface area contributed by atoms with Gasteiger partial charge in [0.1, 0.15) is 0 Å². The summed E-state index contributed by atoms with van der Waals surface area (Å²) in [4.78, 5) is 4.35. The van der Waals surface area contributed by atoms with Crippen molar-refractivity contribution in [2.45, 2.75) is 40.2 Å². The lowest BCUT2D eigenvalue weighted by molar-refractivity contribution is 0.114. The third kappa shape index (κ3) is 2.32. The zero-order valence-corrected chi connectivity index (χ0v) is 9.41. The third-order valence-corrected chi connectivity index (χ3v) is 2.77. The topological polar surface area (TPSA) is 33.1 Å². The van der Waals surface area contributed by atoms with E-state index in [2.05, 4.69) is 18.8 Å². The summed E-state index contributed by atoms with van der Waals surface area (Å²) in [5.74, 6) is 0.290. The van der Waals surface area contributed by atoms with Gasteiger partial charge in [0, 0.05) is 17.0 Å². The molecule has 14 heavy (non-hydrogen) atoms. The molecule has 2 atom stereocenters. The second-order valence-corrected chi connectivity index (χ2v) is 3.96. The minimum atomic E-state index is -0.381. The van der Waals surface area contributed by atoms with Crippen molar-refractivity contribution in [1.82, 2.24) is 4.98 Å². The van der Waals surface area contributed by atoms with Gasteiger partial charge in [-0.25, -0.2) is 0 Å². The van der Waals surface area contributed by atoms with Gasteiger partial charge in [0.2, 0.25) is 0 Å². The number of nitrogens with zero attached hydrogens (tertiary/aromatic N) is 1. The fourth-order valence-electron chi connectivity index (χ4n) is 1.54. The Morgan fingerprint density at radius 2 is 2.00 bits per heavy atom. The summed E-state index contributed by atoms with van der Waals surface area (Å²) in [6.45, 7) is 8.06. The SMILES string of the molecule is CCC(C)C(O)c1ccc(C)nc1C. The van der Waals surface area contributed by atoms with Gasteiger partial charge in [-0.15, -0.1) is 0 Å². The number of aliphatic hydroxyl groups excluding tert-OH is 1. The highest BCUT2D eigenvalue weighted by molar-refractivity contribution is 5.24. The van der Waals surface area contributed by atoms with Crippen molar-refractivity contribution in [3.8, 4) is 0 Å². The Labute approximate surface area is 86.0 Å². The standard InChI is InChI=1S/C12H19NO/c1-5-8(2)12(14)11-7-6-9(3)13-10(11)4/h6-8,12,14H,5H2,1-4H3. The molecule has 1 aromatic heterocycles. The van der Waals surface area contributed by atoms with E-state index in [1.165, 1.54) is 0 Å². The molecule has 0 amide bonds. The summed E-state index contributed by atoms with van der Waals surface area (Å²) in [5, 5.41) is 10.0. The van der Waals surface area contributed by atoms with E-state index in [-0.39, 0.29) is 6.10 Å². The average molecular weight is 193 g/mol. The lowest BCUT2D eigenvalue weighted by Crippen LogP contribution is -2.10. The Bertz CT molecular complexity index is 309. The van der Waals surface area contributed by atoms with Crippen LogP contribution < -0.4 is 0 Å². The Kier molecular flexibility index (Phi) is 3.64. The second kappa shape index (κ2) is 4.56. The first-order chi connectivity index (χ1) is 6.56. The van der Waals surface area contributed by atoms with Crippen LogP contribution in [0.1, 0.15) is 43.3 Å². The van der Waals surface area contributed by atoms with Gasteiger partial charge in [-0.05, 0) is 25.8 Å². The van der Waals surface area contributed by atoms with Crippen LogP contribution in [-0.4, -0.2) is 10.1 Å². The summed E-state index contributed by atoms with van der Waals surface area (Å²) in [6, 6.07) is 3.93. The fourth-order valence-corrected chi connectivity index (χ4v) is 1.54. The van der Waals surface area contributed by atoms with Gasteiger partial charge in [-0.2, -0.15) is 0 Å². The van der Waals surface area contributed by atoms with Gasteiger partial charge < -0.3 is 5.11 Å². The molecular formula is C12H19NO. The molecule has 1 rings (SSSR count). The van der Waals surface area contributed by atoms with Crippen molar-refractivity contribution in [2.75, 3.05) is 0 Å². The molecular weight excluding hydrogens is 174 g/mol. The molecule has 0 saturated carbocycles. The van der Waals surface area contributed by atoms with Gasteiger partial charge in [-0.3, -0.25) is 4.98 Å². The van der Waals surface area contributed by atoms with Crippen molar-refractivity contribution < 1.29 is 5.11 Å². The molecule has 78 valence electrons. The van der Waals surface area contributed by atoms with Crippen LogP contribution in [0.2, 0.25) is 0 Å². The molecule has 1 heterocycles. The summed E-state index contributed by atoms with van der Waals surface area (Å²) in [7, 11) is 0. The predicted molar refractivity (Wildman–Crippen MR) is 58.1 cm³/mol. The zero-order chi connectivity index (χ0) is 10.7. The molecule has 0 fully saturated rings. The Morgan fingerprint density at radius 1 is 1.36 bits per heavy atom. The largest absolute Gasteiger partial charge is 0.388 e. The molecule has 2 heteroatoms. The normalized spacial score (nSPS) is 15.2. The van der Waals surface area contributed by atoms with Crippen LogP contribution in [0.4, 0.5) is 0 Å². The quantitative estimate of drug-likeness (QED) is 0.800. The van der Waals surface area contributed by atoms with Crippen LogP contribution in [0.5, 0.6) is 0 Å². The molecule has 1 N–H and O–H groups in total. The highest BCUT2D eigenvalue weighted by Crippen LogP contribution is 2.25. The van der Waals surface area contributed by atoms with Crippen molar-refractivity contribution in [3.63, 3.8) is 0 Å². The maximum Gasteiger partial charge on any atom is 0.0832 e. The summed E-state index contributed by atoms with van der Waals surface area (Å²) < 4.78 is 0. The molecule has 2 nitrogen and oxygen atoms in total. The molecule has 0 aliphatic heterocycles.